The molecule has 0 aromatic heterocycles. The maximum absolute atomic E-state index is 12.1. The first-order valence-corrected chi connectivity index (χ1v) is 10.9. The molecule has 0 atom stereocenters. The summed E-state index contributed by atoms with van der Waals surface area (Å²) in [5, 5.41) is 10.1. The topological polar surface area (TPSA) is 46.5 Å². The monoisotopic (exact) mass is 376 g/mol. The molecule has 0 spiro atoms. The third kappa shape index (κ3) is 9.30. The van der Waals surface area contributed by atoms with Crippen molar-refractivity contribution in [3.63, 3.8) is 0 Å². The van der Waals surface area contributed by atoms with Crippen molar-refractivity contribution in [3.8, 4) is 5.75 Å². The fourth-order valence-electron chi connectivity index (χ4n) is 3.24. The Bertz CT molecular complexity index is 549. The maximum Gasteiger partial charge on any atom is 0.310 e. The summed E-state index contributed by atoms with van der Waals surface area (Å²) < 4.78 is 5.39. The molecule has 0 aliphatic heterocycles. The first-order chi connectivity index (χ1) is 12.9. The third-order valence-electron chi connectivity index (χ3n) is 5.53. The average Bonchev–Trinajstić information content (AvgIpc) is 2.64. The van der Waals surface area contributed by atoms with Gasteiger partial charge in [0.2, 0.25) is 0 Å². The molecule has 1 aromatic rings. The number of unbranched alkanes of at least 4 members (excludes halogenated alkanes) is 8. The fourth-order valence-corrected chi connectivity index (χ4v) is 3.24. The number of carbonyl (C=O) groups is 1. The zero-order chi connectivity index (χ0) is 20.1. The van der Waals surface area contributed by atoms with Crippen molar-refractivity contribution in [2.24, 2.45) is 0 Å². The summed E-state index contributed by atoms with van der Waals surface area (Å²) in [6.45, 7) is 9.07. The lowest BCUT2D eigenvalue weighted by Gasteiger charge is -2.25. The number of rotatable bonds is 14. The molecule has 0 saturated heterocycles. The fraction of sp³-hybridized carbons (Fsp3) is 0.708. The van der Waals surface area contributed by atoms with E-state index in [9.17, 15) is 9.90 Å². The Kier molecular flexibility index (Phi) is 11.2. The van der Waals surface area contributed by atoms with Crippen LogP contribution < -0.4 is 0 Å². The van der Waals surface area contributed by atoms with Gasteiger partial charge in [0.1, 0.15) is 5.75 Å². The van der Waals surface area contributed by atoms with Crippen LogP contribution in [0.3, 0.4) is 0 Å². The second kappa shape index (κ2) is 12.8. The van der Waals surface area contributed by atoms with E-state index < -0.39 is 0 Å². The summed E-state index contributed by atoms with van der Waals surface area (Å²) >= 11 is 0. The summed E-state index contributed by atoms with van der Waals surface area (Å²) in [5.41, 5.74) is 1.69. The number of phenols is 1. The number of carbonyl (C=O) groups excluding carboxylic acids is 1. The van der Waals surface area contributed by atoms with E-state index in [4.69, 9.17) is 4.74 Å². The number of hydrogen-bond donors (Lipinski definition) is 1. The minimum absolute atomic E-state index is 0.111. The maximum atomic E-state index is 12.1. The van der Waals surface area contributed by atoms with Crippen molar-refractivity contribution in [3.05, 3.63) is 29.3 Å². The average molecular weight is 377 g/mol. The number of ether oxygens (including phenoxy) is 1. The van der Waals surface area contributed by atoms with E-state index >= 15 is 0 Å². The van der Waals surface area contributed by atoms with E-state index in [1.54, 1.807) is 6.07 Å². The van der Waals surface area contributed by atoms with Crippen LogP contribution in [0.1, 0.15) is 103 Å². The van der Waals surface area contributed by atoms with Gasteiger partial charge in [-0.25, -0.2) is 0 Å². The molecule has 0 fully saturated rings. The highest BCUT2D eigenvalue weighted by Gasteiger charge is 2.22. The molecule has 0 aliphatic rings. The minimum atomic E-state index is -0.180. The van der Waals surface area contributed by atoms with Gasteiger partial charge in [-0.15, -0.1) is 0 Å². The molecule has 1 aromatic carbocycles. The van der Waals surface area contributed by atoms with Crippen LogP contribution in [0.15, 0.2) is 18.2 Å². The number of hydrogen-bond acceptors (Lipinski definition) is 3. The van der Waals surface area contributed by atoms with Crippen LogP contribution in [0.5, 0.6) is 5.75 Å². The summed E-state index contributed by atoms with van der Waals surface area (Å²) in [6.07, 6.45) is 12.5. The molecule has 3 heteroatoms. The number of aromatic hydroxyl groups is 1. The molecule has 1 N–H and O–H groups in total. The van der Waals surface area contributed by atoms with Gasteiger partial charge in [-0.3, -0.25) is 4.79 Å². The van der Waals surface area contributed by atoms with E-state index in [0.29, 0.717) is 12.4 Å². The van der Waals surface area contributed by atoms with Crippen LogP contribution in [-0.4, -0.2) is 17.7 Å². The van der Waals surface area contributed by atoms with Gasteiger partial charge < -0.3 is 9.84 Å². The summed E-state index contributed by atoms with van der Waals surface area (Å²) in [6, 6.07) is 5.44. The van der Waals surface area contributed by atoms with Crippen LogP contribution in [0, 0.1) is 0 Å². The lowest BCUT2D eigenvalue weighted by atomic mass is 9.81. The summed E-state index contributed by atoms with van der Waals surface area (Å²) in [4.78, 5) is 12.1. The van der Waals surface area contributed by atoms with Gasteiger partial charge in [-0.2, -0.15) is 0 Å². The second-order valence-corrected chi connectivity index (χ2v) is 8.31. The molecule has 0 bridgehead atoms. The molecule has 1 rings (SSSR count). The van der Waals surface area contributed by atoms with Gasteiger partial charge in [0.25, 0.3) is 0 Å². The Morgan fingerprint density at radius 3 is 2.15 bits per heavy atom. The first kappa shape index (κ1) is 23.5. The second-order valence-electron chi connectivity index (χ2n) is 8.31. The normalized spacial score (nSPS) is 11.6. The van der Waals surface area contributed by atoms with Gasteiger partial charge in [0.15, 0.2) is 0 Å². The highest BCUT2D eigenvalue weighted by molar-refractivity contribution is 5.72. The Labute approximate surface area is 166 Å². The molecule has 0 amide bonds. The molecule has 27 heavy (non-hydrogen) atoms. The van der Waals surface area contributed by atoms with Crippen LogP contribution in [0.4, 0.5) is 0 Å². The Hall–Kier alpha value is -1.51. The van der Waals surface area contributed by atoms with Crippen LogP contribution in [0.2, 0.25) is 0 Å². The Morgan fingerprint density at radius 1 is 0.963 bits per heavy atom. The number of benzene rings is 1. The lowest BCUT2D eigenvalue weighted by molar-refractivity contribution is -0.142. The smallest absolute Gasteiger partial charge is 0.310 e. The van der Waals surface area contributed by atoms with Gasteiger partial charge in [0.05, 0.1) is 13.0 Å². The van der Waals surface area contributed by atoms with Gasteiger partial charge >= 0.3 is 5.97 Å². The SMILES string of the molecule is CCCCCCCCCCCOC(=O)Cc1ccc(O)c(C(C)(C)CC)c1. The van der Waals surface area contributed by atoms with Gasteiger partial charge in [0, 0.05) is 0 Å². The van der Waals surface area contributed by atoms with Gasteiger partial charge in [-0.05, 0) is 35.4 Å². The molecule has 0 unspecified atom stereocenters. The Balaban J connectivity index is 2.25. The van der Waals surface area contributed by atoms with Crippen molar-refractivity contribution < 1.29 is 14.6 Å². The van der Waals surface area contributed by atoms with Gasteiger partial charge in [-0.1, -0.05) is 91.2 Å². The quantitative estimate of drug-likeness (QED) is 0.290. The van der Waals surface area contributed by atoms with E-state index in [1.165, 1.54) is 44.9 Å². The summed E-state index contributed by atoms with van der Waals surface area (Å²) in [5.74, 6) is 0.120. The molecule has 0 aliphatic carbocycles. The van der Waals surface area contributed by atoms with E-state index in [2.05, 4.69) is 27.7 Å². The largest absolute Gasteiger partial charge is 0.508 e. The minimum Gasteiger partial charge on any atom is -0.508 e. The predicted molar refractivity (Wildman–Crippen MR) is 113 cm³/mol. The van der Waals surface area contributed by atoms with Crippen molar-refractivity contribution in [1.29, 1.82) is 0 Å². The first-order valence-electron chi connectivity index (χ1n) is 10.9. The molecule has 3 nitrogen and oxygen atoms in total. The molecular weight excluding hydrogens is 336 g/mol. The standard InChI is InChI=1S/C24H40O3/c1-5-7-8-9-10-11-12-13-14-17-27-23(26)19-20-15-16-22(25)21(18-20)24(3,4)6-2/h15-16,18,25H,5-14,17,19H2,1-4H3. The summed E-state index contributed by atoms with van der Waals surface area (Å²) in [7, 11) is 0. The zero-order valence-electron chi connectivity index (χ0n) is 18.0. The lowest BCUT2D eigenvalue weighted by Crippen LogP contribution is -2.16. The zero-order valence-corrected chi connectivity index (χ0v) is 18.0. The molecule has 0 heterocycles. The highest BCUT2D eigenvalue weighted by Crippen LogP contribution is 2.34. The Morgan fingerprint density at radius 2 is 1.56 bits per heavy atom. The van der Waals surface area contributed by atoms with Crippen molar-refractivity contribution in [1.82, 2.24) is 0 Å². The molecule has 154 valence electrons. The van der Waals surface area contributed by atoms with Crippen LogP contribution in [0.25, 0.3) is 0 Å². The van der Waals surface area contributed by atoms with E-state index in [0.717, 1.165) is 30.4 Å². The highest BCUT2D eigenvalue weighted by atomic mass is 16.5. The third-order valence-corrected chi connectivity index (χ3v) is 5.53. The number of phenolic OH excluding ortho intramolecular Hbond substituents is 1. The molecule has 0 radical (unpaired) electrons. The predicted octanol–water partition coefficient (Wildman–Crippen LogP) is 6.70. The molecule has 0 saturated carbocycles. The van der Waals surface area contributed by atoms with Crippen molar-refractivity contribution in [2.75, 3.05) is 6.61 Å². The number of esters is 1. The van der Waals surface area contributed by atoms with Crippen LogP contribution >= 0.6 is 0 Å². The van der Waals surface area contributed by atoms with Crippen molar-refractivity contribution in [2.45, 2.75) is 104 Å². The van der Waals surface area contributed by atoms with E-state index in [-0.39, 0.29) is 17.8 Å². The molecular formula is C24H40O3. The van der Waals surface area contributed by atoms with Crippen LogP contribution in [-0.2, 0) is 21.4 Å². The van der Waals surface area contributed by atoms with Crippen molar-refractivity contribution >= 4 is 5.97 Å². The van der Waals surface area contributed by atoms with E-state index in [1.807, 2.05) is 12.1 Å².